The van der Waals surface area contributed by atoms with Crippen LogP contribution >= 0.6 is 0 Å². The first-order chi connectivity index (χ1) is 7.54. The van der Waals surface area contributed by atoms with Gasteiger partial charge in [0.05, 0.1) is 0 Å². The number of rotatable bonds is 2. The van der Waals surface area contributed by atoms with E-state index in [0.717, 1.165) is 12.1 Å². The van der Waals surface area contributed by atoms with Crippen molar-refractivity contribution < 1.29 is 0 Å². The van der Waals surface area contributed by atoms with Gasteiger partial charge in [-0.05, 0) is 59.5 Å². The summed E-state index contributed by atoms with van der Waals surface area (Å²) in [4.78, 5) is 2.74. The first-order valence-electron chi connectivity index (χ1n) is 7.06. The van der Waals surface area contributed by atoms with Gasteiger partial charge in [0.15, 0.2) is 0 Å². The fraction of sp³-hybridized carbons (Fsp3) is 1.00. The zero-order valence-electron chi connectivity index (χ0n) is 11.3. The standard InChI is InChI=1S/C14H28N2/c1-14(2,3)15-12-8-10-16(11-9-12)13-6-4-5-7-13/h12-13,15H,4-11H2,1-3H3. The summed E-state index contributed by atoms with van der Waals surface area (Å²) in [6, 6.07) is 1.67. The Hall–Kier alpha value is -0.0800. The summed E-state index contributed by atoms with van der Waals surface area (Å²) < 4.78 is 0. The third-order valence-electron chi connectivity index (χ3n) is 4.01. The van der Waals surface area contributed by atoms with Crippen LogP contribution in [0.2, 0.25) is 0 Å². The SMILES string of the molecule is CC(C)(C)NC1CCN(C2CCCC2)CC1. The maximum atomic E-state index is 3.74. The van der Waals surface area contributed by atoms with Crippen molar-refractivity contribution in [1.29, 1.82) is 0 Å². The van der Waals surface area contributed by atoms with Gasteiger partial charge < -0.3 is 10.2 Å². The van der Waals surface area contributed by atoms with Gasteiger partial charge in [0.25, 0.3) is 0 Å². The van der Waals surface area contributed by atoms with Gasteiger partial charge in [-0.3, -0.25) is 0 Å². The molecule has 0 spiro atoms. The van der Waals surface area contributed by atoms with Crippen molar-refractivity contribution in [2.24, 2.45) is 0 Å². The maximum Gasteiger partial charge on any atom is 0.00991 e. The van der Waals surface area contributed by atoms with Crippen LogP contribution in [0.15, 0.2) is 0 Å². The van der Waals surface area contributed by atoms with E-state index in [2.05, 4.69) is 31.0 Å². The summed E-state index contributed by atoms with van der Waals surface area (Å²) in [5.74, 6) is 0. The fourth-order valence-corrected chi connectivity index (χ4v) is 3.29. The second kappa shape index (κ2) is 5.05. The van der Waals surface area contributed by atoms with E-state index in [1.54, 1.807) is 0 Å². The summed E-state index contributed by atoms with van der Waals surface area (Å²) in [6.07, 6.45) is 8.52. The summed E-state index contributed by atoms with van der Waals surface area (Å²) >= 11 is 0. The molecule has 0 unspecified atom stereocenters. The minimum absolute atomic E-state index is 0.278. The van der Waals surface area contributed by atoms with Crippen molar-refractivity contribution in [2.75, 3.05) is 13.1 Å². The quantitative estimate of drug-likeness (QED) is 0.776. The first-order valence-corrected chi connectivity index (χ1v) is 7.06. The molecule has 0 aromatic rings. The van der Waals surface area contributed by atoms with Gasteiger partial charge in [-0.1, -0.05) is 12.8 Å². The normalized spacial score (nSPS) is 26.4. The molecular formula is C14H28N2. The molecule has 2 aliphatic rings. The molecule has 0 atom stereocenters. The summed E-state index contributed by atoms with van der Waals surface area (Å²) in [5.41, 5.74) is 0.278. The minimum Gasteiger partial charge on any atom is -0.309 e. The summed E-state index contributed by atoms with van der Waals surface area (Å²) in [5, 5.41) is 3.74. The van der Waals surface area contributed by atoms with E-state index in [0.29, 0.717) is 0 Å². The molecule has 0 aromatic carbocycles. The van der Waals surface area contributed by atoms with Crippen LogP contribution in [0.4, 0.5) is 0 Å². The molecule has 1 N–H and O–H groups in total. The van der Waals surface area contributed by atoms with Crippen molar-refractivity contribution in [2.45, 2.75) is 76.9 Å². The van der Waals surface area contributed by atoms with E-state index in [1.807, 2.05) is 0 Å². The van der Waals surface area contributed by atoms with Gasteiger partial charge in [0.2, 0.25) is 0 Å². The second-order valence-electron chi connectivity index (χ2n) is 6.64. The van der Waals surface area contributed by atoms with Crippen LogP contribution in [0.5, 0.6) is 0 Å². The zero-order valence-corrected chi connectivity index (χ0v) is 11.3. The van der Waals surface area contributed by atoms with Crippen LogP contribution in [0.1, 0.15) is 59.3 Å². The smallest absolute Gasteiger partial charge is 0.00991 e. The number of hydrogen-bond donors (Lipinski definition) is 1. The van der Waals surface area contributed by atoms with Gasteiger partial charge in [0.1, 0.15) is 0 Å². The predicted octanol–water partition coefficient (Wildman–Crippen LogP) is 2.78. The highest BCUT2D eigenvalue weighted by Gasteiger charge is 2.28. The number of nitrogens with zero attached hydrogens (tertiary/aromatic N) is 1. The summed E-state index contributed by atoms with van der Waals surface area (Å²) in [7, 11) is 0. The largest absolute Gasteiger partial charge is 0.309 e. The Kier molecular flexibility index (Phi) is 3.91. The van der Waals surface area contributed by atoms with E-state index >= 15 is 0 Å². The number of nitrogens with one attached hydrogen (secondary N) is 1. The lowest BCUT2D eigenvalue weighted by Crippen LogP contribution is -2.50. The van der Waals surface area contributed by atoms with Crippen molar-refractivity contribution in [3.05, 3.63) is 0 Å². The Balaban J connectivity index is 1.74. The zero-order chi connectivity index (χ0) is 11.6. The molecular weight excluding hydrogens is 196 g/mol. The topological polar surface area (TPSA) is 15.3 Å². The molecule has 1 aliphatic heterocycles. The van der Waals surface area contributed by atoms with E-state index in [-0.39, 0.29) is 5.54 Å². The van der Waals surface area contributed by atoms with E-state index < -0.39 is 0 Å². The fourth-order valence-electron chi connectivity index (χ4n) is 3.29. The Morgan fingerprint density at radius 1 is 0.938 bits per heavy atom. The first kappa shape index (κ1) is 12.4. The lowest BCUT2D eigenvalue weighted by molar-refractivity contribution is 0.135. The molecule has 0 radical (unpaired) electrons. The second-order valence-corrected chi connectivity index (χ2v) is 6.64. The Morgan fingerprint density at radius 2 is 1.50 bits per heavy atom. The van der Waals surface area contributed by atoms with E-state index in [1.165, 1.54) is 51.6 Å². The van der Waals surface area contributed by atoms with Crippen LogP contribution in [0.3, 0.4) is 0 Å². The molecule has 1 saturated carbocycles. The molecule has 16 heavy (non-hydrogen) atoms. The van der Waals surface area contributed by atoms with Crippen LogP contribution in [0.25, 0.3) is 0 Å². The van der Waals surface area contributed by atoms with Crippen LogP contribution in [-0.4, -0.2) is 35.6 Å². The van der Waals surface area contributed by atoms with Gasteiger partial charge in [0, 0.05) is 17.6 Å². The highest BCUT2D eigenvalue weighted by Crippen LogP contribution is 2.26. The number of likely N-dealkylation sites (tertiary alicyclic amines) is 1. The van der Waals surface area contributed by atoms with E-state index in [4.69, 9.17) is 0 Å². The van der Waals surface area contributed by atoms with E-state index in [9.17, 15) is 0 Å². The van der Waals surface area contributed by atoms with Crippen molar-refractivity contribution >= 4 is 0 Å². The molecule has 2 rings (SSSR count). The Bertz CT molecular complexity index is 205. The van der Waals surface area contributed by atoms with Gasteiger partial charge in [-0.25, -0.2) is 0 Å². The third kappa shape index (κ3) is 3.46. The molecule has 0 bridgehead atoms. The Labute approximate surface area is 101 Å². The molecule has 1 heterocycles. The van der Waals surface area contributed by atoms with Gasteiger partial charge >= 0.3 is 0 Å². The molecule has 2 nitrogen and oxygen atoms in total. The number of hydrogen-bond acceptors (Lipinski definition) is 2. The maximum absolute atomic E-state index is 3.74. The highest BCUT2D eigenvalue weighted by molar-refractivity contribution is 4.86. The monoisotopic (exact) mass is 224 g/mol. The lowest BCUT2D eigenvalue weighted by Gasteiger charge is -2.38. The Morgan fingerprint density at radius 3 is 2.00 bits per heavy atom. The highest BCUT2D eigenvalue weighted by atomic mass is 15.2. The average molecular weight is 224 g/mol. The minimum atomic E-state index is 0.278. The van der Waals surface area contributed by atoms with Crippen LogP contribution in [0, 0.1) is 0 Å². The summed E-state index contributed by atoms with van der Waals surface area (Å²) in [6.45, 7) is 9.46. The number of piperidine rings is 1. The molecule has 0 amide bonds. The van der Waals surface area contributed by atoms with Crippen molar-refractivity contribution in [3.63, 3.8) is 0 Å². The molecule has 2 fully saturated rings. The van der Waals surface area contributed by atoms with Crippen LogP contribution in [-0.2, 0) is 0 Å². The molecule has 0 aromatic heterocycles. The molecule has 94 valence electrons. The molecule has 2 heteroatoms. The molecule has 1 aliphatic carbocycles. The predicted molar refractivity (Wildman–Crippen MR) is 69.7 cm³/mol. The van der Waals surface area contributed by atoms with Crippen molar-refractivity contribution in [1.82, 2.24) is 10.2 Å². The average Bonchev–Trinajstić information content (AvgIpc) is 2.69. The van der Waals surface area contributed by atoms with Crippen molar-refractivity contribution in [3.8, 4) is 0 Å². The van der Waals surface area contributed by atoms with Crippen LogP contribution < -0.4 is 5.32 Å². The third-order valence-corrected chi connectivity index (χ3v) is 4.01. The lowest BCUT2D eigenvalue weighted by atomic mass is 9.98. The molecule has 1 saturated heterocycles. The van der Waals surface area contributed by atoms with Gasteiger partial charge in [-0.2, -0.15) is 0 Å². The van der Waals surface area contributed by atoms with Gasteiger partial charge in [-0.15, -0.1) is 0 Å².